The minimum absolute atomic E-state index is 0.331. The summed E-state index contributed by atoms with van der Waals surface area (Å²) in [4.78, 5) is 8.84. The summed E-state index contributed by atoms with van der Waals surface area (Å²) in [6.07, 6.45) is 1.61. The SMILES string of the molecule is Bc1ccc2c(c1)[C@@]1(COCC(N)=N1)c1cc(Cl)ncc1O2. The maximum atomic E-state index is 6.09. The second kappa shape index (κ2) is 4.73. The molecule has 0 radical (unpaired) electrons. The van der Waals surface area contributed by atoms with E-state index in [4.69, 9.17) is 31.8 Å². The number of aliphatic imine (C=N–C) groups is 1. The van der Waals surface area contributed by atoms with Crippen LogP contribution < -0.4 is 15.9 Å². The molecule has 0 fully saturated rings. The first-order valence-electron chi connectivity index (χ1n) is 6.95. The van der Waals surface area contributed by atoms with Crippen LogP contribution in [0.4, 0.5) is 0 Å². The summed E-state index contributed by atoms with van der Waals surface area (Å²) in [6, 6.07) is 7.76. The predicted molar refractivity (Wildman–Crippen MR) is 87.2 cm³/mol. The normalized spacial score (nSPS) is 22.5. The molecule has 0 amide bonds. The molecule has 0 aliphatic carbocycles. The van der Waals surface area contributed by atoms with Crippen LogP contribution in [0.25, 0.3) is 0 Å². The Bertz CT molecular complexity index is 758. The lowest BCUT2D eigenvalue weighted by atomic mass is 9.78. The van der Waals surface area contributed by atoms with E-state index >= 15 is 0 Å². The van der Waals surface area contributed by atoms with Crippen molar-refractivity contribution in [2.45, 2.75) is 5.54 Å². The molecule has 1 aromatic heterocycles. The molecule has 2 aliphatic heterocycles. The summed E-state index contributed by atoms with van der Waals surface area (Å²) < 4.78 is 11.7. The number of hydrogen-bond acceptors (Lipinski definition) is 5. The molecule has 1 aromatic carbocycles. The molecule has 5 nitrogen and oxygen atoms in total. The average Bonchev–Trinajstić information content (AvgIpc) is 2.49. The van der Waals surface area contributed by atoms with Crippen LogP contribution in [-0.4, -0.2) is 31.9 Å². The molecule has 2 aromatic rings. The molecule has 7 heteroatoms. The van der Waals surface area contributed by atoms with Crippen molar-refractivity contribution in [2.24, 2.45) is 10.7 Å². The zero-order chi connectivity index (χ0) is 15.3. The van der Waals surface area contributed by atoms with Crippen LogP contribution in [0.5, 0.6) is 11.5 Å². The number of hydrogen-bond donors (Lipinski definition) is 1. The number of aromatic nitrogens is 1. The lowest BCUT2D eigenvalue weighted by Crippen LogP contribution is -2.42. The Labute approximate surface area is 133 Å². The second-order valence-electron chi connectivity index (χ2n) is 5.56. The van der Waals surface area contributed by atoms with Gasteiger partial charge in [-0.1, -0.05) is 29.2 Å². The Morgan fingerprint density at radius 3 is 2.86 bits per heavy atom. The lowest BCUT2D eigenvalue weighted by Gasteiger charge is -2.39. The van der Waals surface area contributed by atoms with Gasteiger partial charge in [0.25, 0.3) is 0 Å². The third-order valence-electron chi connectivity index (χ3n) is 3.98. The van der Waals surface area contributed by atoms with Gasteiger partial charge in [-0.2, -0.15) is 0 Å². The molecule has 1 atom stereocenters. The molecular weight excluding hydrogens is 300 g/mol. The molecule has 0 saturated carbocycles. The lowest BCUT2D eigenvalue weighted by molar-refractivity contribution is 0.110. The smallest absolute Gasteiger partial charge is 0.151 e. The summed E-state index contributed by atoms with van der Waals surface area (Å²) in [7, 11) is 2.03. The van der Waals surface area contributed by atoms with Crippen molar-refractivity contribution in [1.82, 2.24) is 4.98 Å². The highest BCUT2D eigenvalue weighted by Crippen LogP contribution is 2.49. The Morgan fingerprint density at radius 2 is 2.05 bits per heavy atom. The third-order valence-corrected chi connectivity index (χ3v) is 4.18. The van der Waals surface area contributed by atoms with Gasteiger partial charge >= 0.3 is 0 Å². The number of pyridine rings is 1. The van der Waals surface area contributed by atoms with Gasteiger partial charge in [0.15, 0.2) is 5.75 Å². The van der Waals surface area contributed by atoms with Gasteiger partial charge in [-0.05, 0) is 12.1 Å². The van der Waals surface area contributed by atoms with Gasteiger partial charge in [-0.25, -0.2) is 4.98 Å². The first kappa shape index (κ1) is 13.6. The third kappa shape index (κ3) is 1.91. The first-order chi connectivity index (χ1) is 10.6. The highest BCUT2D eigenvalue weighted by atomic mass is 35.5. The molecule has 3 heterocycles. The first-order valence-corrected chi connectivity index (χ1v) is 7.33. The Balaban J connectivity index is 2.05. The van der Waals surface area contributed by atoms with E-state index in [1.807, 2.05) is 20.0 Å². The molecule has 0 bridgehead atoms. The van der Waals surface area contributed by atoms with Crippen LogP contribution in [0.2, 0.25) is 5.15 Å². The van der Waals surface area contributed by atoms with Crippen LogP contribution in [0.15, 0.2) is 35.5 Å². The summed E-state index contributed by atoms with van der Waals surface area (Å²) in [6.45, 7) is 0.721. The van der Waals surface area contributed by atoms with Crippen molar-refractivity contribution in [3.63, 3.8) is 0 Å². The molecule has 22 heavy (non-hydrogen) atoms. The van der Waals surface area contributed by atoms with Crippen molar-refractivity contribution in [2.75, 3.05) is 13.2 Å². The Morgan fingerprint density at radius 1 is 1.23 bits per heavy atom. The number of benzene rings is 1. The number of ether oxygens (including phenoxy) is 2. The van der Waals surface area contributed by atoms with Crippen LogP contribution in [0.3, 0.4) is 0 Å². The number of amidine groups is 1. The zero-order valence-electron chi connectivity index (χ0n) is 12.0. The van der Waals surface area contributed by atoms with Gasteiger partial charge < -0.3 is 15.2 Å². The Kier molecular flexibility index (Phi) is 2.92. The molecule has 2 N–H and O–H groups in total. The molecule has 110 valence electrons. The number of nitrogens with zero attached hydrogens (tertiary/aromatic N) is 2. The molecular formula is C15H13BClN3O2. The number of fused-ring (bicyclic) bond motifs is 4. The molecule has 0 saturated heterocycles. The largest absolute Gasteiger partial charge is 0.455 e. The number of halogens is 1. The summed E-state index contributed by atoms with van der Waals surface area (Å²) >= 11 is 6.09. The van der Waals surface area contributed by atoms with E-state index in [0.29, 0.717) is 30.0 Å². The van der Waals surface area contributed by atoms with Gasteiger partial charge in [0.2, 0.25) is 0 Å². The van der Waals surface area contributed by atoms with Gasteiger partial charge in [0.05, 0.1) is 12.8 Å². The molecule has 0 unspecified atom stereocenters. The maximum Gasteiger partial charge on any atom is 0.151 e. The van der Waals surface area contributed by atoms with Crippen LogP contribution in [-0.2, 0) is 10.3 Å². The quantitative estimate of drug-likeness (QED) is 0.575. The van der Waals surface area contributed by atoms with E-state index in [9.17, 15) is 0 Å². The highest BCUT2D eigenvalue weighted by molar-refractivity contribution is 6.32. The van der Waals surface area contributed by atoms with Gasteiger partial charge in [-0.15, -0.1) is 0 Å². The average molecular weight is 314 g/mol. The monoisotopic (exact) mass is 313 g/mol. The second-order valence-corrected chi connectivity index (χ2v) is 5.95. The summed E-state index contributed by atoms with van der Waals surface area (Å²) in [5.41, 5.74) is 8.11. The van der Waals surface area contributed by atoms with Crippen molar-refractivity contribution in [1.29, 1.82) is 0 Å². The van der Waals surface area contributed by atoms with Gasteiger partial charge in [0, 0.05) is 11.1 Å². The van der Waals surface area contributed by atoms with Crippen LogP contribution in [0.1, 0.15) is 11.1 Å². The van der Waals surface area contributed by atoms with Crippen molar-refractivity contribution < 1.29 is 9.47 Å². The van der Waals surface area contributed by atoms with Gasteiger partial charge in [-0.3, -0.25) is 4.99 Å². The maximum absolute atomic E-state index is 6.09. The summed E-state index contributed by atoms with van der Waals surface area (Å²) in [5, 5.41) is 0.386. The van der Waals surface area contributed by atoms with Crippen molar-refractivity contribution in [3.05, 3.63) is 46.7 Å². The van der Waals surface area contributed by atoms with E-state index in [1.54, 1.807) is 12.3 Å². The fraction of sp³-hybridized carbons (Fsp3) is 0.200. The van der Waals surface area contributed by atoms with Gasteiger partial charge in [0.1, 0.15) is 36.7 Å². The fourth-order valence-electron chi connectivity index (χ4n) is 3.03. The highest BCUT2D eigenvalue weighted by Gasteiger charge is 2.45. The minimum Gasteiger partial charge on any atom is -0.455 e. The topological polar surface area (TPSA) is 69.7 Å². The number of rotatable bonds is 0. The Hall–Kier alpha value is -2.05. The van der Waals surface area contributed by atoms with E-state index in [2.05, 4.69) is 11.1 Å². The zero-order valence-corrected chi connectivity index (χ0v) is 12.7. The fourth-order valence-corrected chi connectivity index (χ4v) is 3.19. The summed E-state index contributed by atoms with van der Waals surface area (Å²) in [5.74, 6) is 1.83. The van der Waals surface area contributed by atoms with E-state index in [1.165, 1.54) is 0 Å². The van der Waals surface area contributed by atoms with E-state index in [0.717, 1.165) is 22.3 Å². The molecule has 4 rings (SSSR count). The van der Waals surface area contributed by atoms with E-state index in [-0.39, 0.29) is 0 Å². The predicted octanol–water partition coefficient (Wildman–Crippen LogP) is 0.730. The van der Waals surface area contributed by atoms with Crippen LogP contribution >= 0.6 is 11.6 Å². The number of nitrogens with two attached hydrogens (primary N) is 1. The van der Waals surface area contributed by atoms with Crippen molar-refractivity contribution >= 4 is 30.7 Å². The van der Waals surface area contributed by atoms with Crippen molar-refractivity contribution in [3.8, 4) is 11.5 Å². The molecule has 2 aliphatic rings. The molecule has 1 spiro atoms. The minimum atomic E-state index is -0.732. The van der Waals surface area contributed by atoms with E-state index < -0.39 is 5.54 Å². The standard InChI is InChI=1S/C15H13BClN3O2/c16-8-1-2-11-9(3-8)15(7-21-6-14(18)20-15)10-4-13(17)19-5-12(10)22-11/h1-5H,6-7,16H2,(H2,18,20)/t15-/m0/s1. The van der Waals surface area contributed by atoms with Crippen LogP contribution in [0, 0.1) is 0 Å².